The number of nitriles is 1. The molecule has 17 heavy (non-hydrogen) atoms. The first-order valence-electron chi connectivity index (χ1n) is 5.97. The van der Waals surface area contributed by atoms with E-state index in [1.807, 2.05) is 12.1 Å². The lowest BCUT2D eigenvalue weighted by molar-refractivity contribution is 0.185. The maximum absolute atomic E-state index is 8.78. The zero-order valence-corrected chi connectivity index (χ0v) is 10.2. The molecule has 3 nitrogen and oxygen atoms in total. The number of rotatable bonds is 6. The fourth-order valence-corrected chi connectivity index (χ4v) is 2.02. The van der Waals surface area contributed by atoms with E-state index < -0.39 is 0 Å². The molecule has 0 heterocycles. The van der Waals surface area contributed by atoms with E-state index in [1.165, 1.54) is 18.4 Å². The molecule has 0 radical (unpaired) electrons. The zero-order chi connectivity index (χ0) is 12.1. The number of anilines is 1. The number of nitrogens with one attached hydrogen (secondary N) is 1. The van der Waals surface area contributed by atoms with Crippen molar-refractivity contribution < 1.29 is 4.74 Å². The molecule has 1 aromatic rings. The van der Waals surface area contributed by atoms with Crippen molar-refractivity contribution in [2.75, 3.05) is 19.0 Å². The SMILES string of the molecule is COCc1ccccc1NCC1(CC#N)CC1. The molecule has 0 unspecified atom stereocenters. The predicted molar refractivity (Wildman–Crippen MR) is 67.5 cm³/mol. The Bertz CT molecular complexity index is 418. The molecule has 1 aromatic carbocycles. The maximum atomic E-state index is 8.78. The van der Waals surface area contributed by atoms with Gasteiger partial charge >= 0.3 is 0 Å². The van der Waals surface area contributed by atoms with Crippen LogP contribution in [0.3, 0.4) is 0 Å². The molecule has 1 aliphatic carbocycles. The van der Waals surface area contributed by atoms with Crippen LogP contribution < -0.4 is 5.32 Å². The highest BCUT2D eigenvalue weighted by molar-refractivity contribution is 5.51. The van der Waals surface area contributed by atoms with Gasteiger partial charge in [0.05, 0.1) is 12.7 Å². The third-order valence-electron chi connectivity index (χ3n) is 3.38. The smallest absolute Gasteiger partial charge is 0.0733 e. The van der Waals surface area contributed by atoms with Crippen molar-refractivity contribution in [3.63, 3.8) is 0 Å². The number of ether oxygens (including phenoxy) is 1. The highest BCUT2D eigenvalue weighted by Gasteiger charge is 2.42. The van der Waals surface area contributed by atoms with E-state index >= 15 is 0 Å². The molecule has 0 spiro atoms. The summed E-state index contributed by atoms with van der Waals surface area (Å²) < 4.78 is 5.17. The third-order valence-corrected chi connectivity index (χ3v) is 3.38. The van der Waals surface area contributed by atoms with Crippen molar-refractivity contribution in [3.05, 3.63) is 29.8 Å². The Morgan fingerprint density at radius 1 is 1.41 bits per heavy atom. The summed E-state index contributed by atoms with van der Waals surface area (Å²) in [4.78, 5) is 0. The van der Waals surface area contributed by atoms with E-state index in [4.69, 9.17) is 10.00 Å². The first-order chi connectivity index (χ1) is 8.29. The largest absolute Gasteiger partial charge is 0.384 e. The lowest BCUT2D eigenvalue weighted by Gasteiger charge is -2.16. The number of hydrogen-bond acceptors (Lipinski definition) is 3. The lowest BCUT2D eigenvalue weighted by atomic mass is 10.0. The van der Waals surface area contributed by atoms with Crippen LogP contribution in [0.25, 0.3) is 0 Å². The van der Waals surface area contributed by atoms with E-state index in [0.717, 1.165) is 12.2 Å². The summed E-state index contributed by atoms with van der Waals surface area (Å²) in [5, 5.41) is 12.2. The lowest BCUT2D eigenvalue weighted by Crippen LogP contribution is -2.15. The summed E-state index contributed by atoms with van der Waals surface area (Å²) in [7, 11) is 1.70. The second-order valence-electron chi connectivity index (χ2n) is 4.78. The van der Waals surface area contributed by atoms with Crippen molar-refractivity contribution in [2.45, 2.75) is 25.9 Å². The van der Waals surface area contributed by atoms with Gasteiger partial charge in [0.25, 0.3) is 0 Å². The van der Waals surface area contributed by atoms with Crippen LogP contribution >= 0.6 is 0 Å². The van der Waals surface area contributed by atoms with Gasteiger partial charge in [-0.2, -0.15) is 5.26 Å². The maximum Gasteiger partial charge on any atom is 0.0733 e. The van der Waals surface area contributed by atoms with Gasteiger partial charge in [-0.05, 0) is 18.9 Å². The quantitative estimate of drug-likeness (QED) is 0.817. The Kier molecular flexibility index (Phi) is 3.65. The average Bonchev–Trinajstić information content (AvgIpc) is 3.09. The molecule has 0 atom stereocenters. The van der Waals surface area contributed by atoms with Gasteiger partial charge in [-0.25, -0.2) is 0 Å². The van der Waals surface area contributed by atoms with Crippen LogP contribution in [0.1, 0.15) is 24.8 Å². The number of benzene rings is 1. The molecule has 0 aliphatic heterocycles. The first kappa shape index (κ1) is 11.9. The molecule has 1 fully saturated rings. The molecule has 1 aliphatic rings. The number of nitrogens with zero attached hydrogens (tertiary/aromatic N) is 1. The minimum atomic E-state index is 0.231. The van der Waals surface area contributed by atoms with Gasteiger partial charge in [-0.3, -0.25) is 0 Å². The average molecular weight is 230 g/mol. The van der Waals surface area contributed by atoms with Gasteiger partial charge in [-0.15, -0.1) is 0 Å². The van der Waals surface area contributed by atoms with Gasteiger partial charge < -0.3 is 10.1 Å². The predicted octanol–water partition coefficient (Wildman–Crippen LogP) is 2.94. The van der Waals surface area contributed by atoms with Crippen LogP contribution in [0.4, 0.5) is 5.69 Å². The summed E-state index contributed by atoms with van der Waals surface area (Å²) in [5.41, 5.74) is 2.52. The van der Waals surface area contributed by atoms with Gasteiger partial charge in [0.15, 0.2) is 0 Å². The number of hydrogen-bond donors (Lipinski definition) is 1. The van der Waals surface area contributed by atoms with Gasteiger partial charge in [0.2, 0.25) is 0 Å². The van der Waals surface area contributed by atoms with Crippen LogP contribution in [0.15, 0.2) is 24.3 Å². The molecule has 90 valence electrons. The Balaban J connectivity index is 1.97. The molecule has 1 N–H and O–H groups in total. The monoisotopic (exact) mass is 230 g/mol. The Hall–Kier alpha value is -1.53. The van der Waals surface area contributed by atoms with Crippen molar-refractivity contribution in [1.29, 1.82) is 5.26 Å². The molecule has 3 heteroatoms. The molecule has 0 saturated heterocycles. The minimum Gasteiger partial charge on any atom is -0.384 e. The highest BCUT2D eigenvalue weighted by atomic mass is 16.5. The van der Waals surface area contributed by atoms with E-state index in [0.29, 0.717) is 13.0 Å². The second kappa shape index (κ2) is 5.20. The molecule has 0 aromatic heterocycles. The standard InChI is InChI=1S/C14H18N2O/c1-17-10-12-4-2-3-5-13(12)16-11-14(6-7-14)8-9-15/h2-5,16H,6-8,10-11H2,1H3. The third kappa shape index (κ3) is 2.98. The number of para-hydroxylation sites is 1. The van der Waals surface area contributed by atoms with Crippen LogP contribution in [-0.4, -0.2) is 13.7 Å². The van der Waals surface area contributed by atoms with Crippen LogP contribution in [0.5, 0.6) is 0 Å². The summed E-state index contributed by atoms with van der Waals surface area (Å²) in [6, 6.07) is 10.4. The molecular weight excluding hydrogens is 212 g/mol. The fourth-order valence-electron chi connectivity index (χ4n) is 2.02. The van der Waals surface area contributed by atoms with Crippen LogP contribution in [-0.2, 0) is 11.3 Å². The molecule has 0 amide bonds. The van der Waals surface area contributed by atoms with Crippen molar-refractivity contribution in [1.82, 2.24) is 0 Å². The van der Waals surface area contributed by atoms with Gasteiger partial charge in [-0.1, -0.05) is 18.2 Å². The summed E-state index contributed by atoms with van der Waals surface area (Å²) in [5.74, 6) is 0. The van der Waals surface area contributed by atoms with E-state index in [2.05, 4.69) is 23.5 Å². The first-order valence-corrected chi connectivity index (χ1v) is 5.97. The Morgan fingerprint density at radius 3 is 2.82 bits per heavy atom. The molecule has 0 bridgehead atoms. The molecule has 2 rings (SSSR count). The van der Waals surface area contributed by atoms with Crippen molar-refractivity contribution in [2.24, 2.45) is 5.41 Å². The summed E-state index contributed by atoms with van der Waals surface area (Å²) in [6.45, 7) is 1.51. The zero-order valence-electron chi connectivity index (χ0n) is 10.2. The highest BCUT2D eigenvalue weighted by Crippen LogP contribution is 2.48. The summed E-state index contributed by atoms with van der Waals surface area (Å²) in [6.07, 6.45) is 2.99. The Labute approximate surface area is 102 Å². The van der Waals surface area contributed by atoms with Crippen molar-refractivity contribution >= 4 is 5.69 Å². The van der Waals surface area contributed by atoms with Gasteiger partial charge in [0.1, 0.15) is 0 Å². The molecular formula is C14H18N2O. The topological polar surface area (TPSA) is 45.0 Å². The normalized spacial score (nSPS) is 16.2. The van der Waals surface area contributed by atoms with E-state index in [1.54, 1.807) is 7.11 Å². The second-order valence-corrected chi connectivity index (χ2v) is 4.78. The Morgan fingerprint density at radius 2 is 2.18 bits per heavy atom. The molecule has 1 saturated carbocycles. The number of methoxy groups -OCH3 is 1. The minimum absolute atomic E-state index is 0.231. The van der Waals surface area contributed by atoms with Gasteiger partial charge in [0, 0.05) is 36.7 Å². The fraction of sp³-hybridized carbons (Fsp3) is 0.500. The summed E-state index contributed by atoms with van der Waals surface area (Å²) >= 11 is 0. The van der Waals surface area contributed by atoms with Crippen LogP contribution in [0.2, 0.25) is 0 Å². The van der Waals surface area contributed by atoms with E-state index in [9.17, 15) is 0 Å². The van der Waals surface area contributed by atoms with E-state index in [-0.39, 0.29) is 5.41 Å². The van der Waals surface area contributed by atoms with Crippen molar-refractivity contribution in [3.8, 4) is 6.07 Å². The van der Waals surface area contributed by atoms with Crippen LogP contribution in [0, 0.1) is 16.7 Å².